The Labute approximate surface area is 112 Å². The molecule has 0 aromatic heterocycles. The third-order valence-corrected chi connectivity index (χ3v) is 2.88. The Bertz CT molecular complexity index is 340. The highest BCUT2D eigenvalue weighted by Crippen LogP contribution is 2.51. The van der Waals surface area contributed by atoms with Crippen LogP contribution in [-0.4, -0.2) is 29.7 Å². The first-order valence-corrected chi connectivity index (χ1v) is 5.96. The summed E-state index contributed by atoms with van der Waals surface area (Å²) in [6, 6.07) is 0. The maximum atomic E-state index is 13.1. The van der Waals surface area contributed by atoms with Gasteiger partial charge in [-0.1, -0.05) is 0 Å². The smallest absolute Gasteiger partial charge is 0.223 e. The summed E-state index contributed by atoms with van der Waals surface area (Å²) < 4.78 is 112. The van der Waals surface area contributed by atoms with E-state index in [2.05, 4.69) is 0 Å². The van der Waals surface area contributed by atoms with E-state index in [4.69, 9.17) is 5.26 Å². The lowest BCUT2D eigenvalue weighted by Gasteiger charge is -2.32. The van der Waals surface area contributed by atoms with E-state index in [0.717, 1.165) is 0 Å². The molecule has 0 aliphatic rings. The number of rotatable bonds is 6. The van der Waals surface area contributed by atoms with Gasteiger partial charge in [0.05, 0.1) is 6.42 Å². The van der Waals surface area contributed by atoms with Crippen LogP contribution in [0.4, 0.5) is 39.5 Å². The van der Waals surface area contributed by atoms with Crippen LogP contribution in [0.1, 0.15) is 19.3 Å². The molecule has 0 bridgehead atoms. The molecule has 0 radical (unpaired) electrons. The van der Waals surface area contributed by atoms with Gasteiger partial charge in [0, 0.05) is 12.2 Å². The monoisotopic (exact) mass is 333 g/mol. The van der Waals surface area contributed by atoms with Gasteiger partial charge in [0.15, 0.2) is 0 Å². The molecule has 0 aromatic rings. The first kappa shape index (κ1) is 19.2. The Morgan fingerprint density at radius 1 is 0.850 bits per heavy atom. The van der Waals surface area contributed by atoms with Crippen LogP contribution in [0.2, 0.25) is 0 Å². The molecule has 1 nitrogen and oxygen atoms in total. The van der Waals surface area contributed by atoms with Crippen LogP contribution in [0.25, 0.3) is 0 Å². The highest BCUT2D eigenvalue weighted by atomic mass is 32.2. The molecular weight excluding hydrogens is 325 g/mol. The molecule has 0 aromatic carbocycles. The molecule has 118 valence electrons. The largest absolute Gasteiger partial charge is 0.431 e. The van der Waals surface area contributed by atoms with Crippen molar-refractivity contribution < 1.29 is 39.5 Å². The van der Waals surface area contributed by atoms with Crippen molar-refractivity contribution in [3.63, 3.8) is 0 Å². The topological polar surface area (TPSA) is 23.8 Å². The summed E-state index contributed by atoms with van der Waals surface area (Å²) in [7, 11) is 0. The summed E-state index contributed by atoms with van der Waals surface area (Å²) in [4.78, 5) is 0. The zero-order valence-corrected chi connectivity index (χ0v) is 10.4. The average Bonchev–Trinajstić information content (AvgIpc) is 2.20. The van der Waals surface area contributed by atoms with Crippen LogP contribution in [-0.2, 0) is 0 Å². The average molecular weight is 333 g/mol. The lowest BCUT2D eigenvalue weighted by molar-refractivity contribution is -0.354. The van der Waals surface area contributed by atoms with Crippen molar-refractivity contribution in [3.8, 4) is 5.40 Å². The Hall–Kier alpha value is -0.790. The van der Waals surface area contributed by atoms with Crippen LogP contribution in [0.3, 0.4) is 0 Å². The fourth-order valence-corrected chi connectivity index (χ4v) is 1.63. The molecule has 0 fully saturated rings. The molecular formula is C9H8F9NS. The van der Waals surface area contributed by atoms with Gasteiger partial charge in [0.2, 0.25) is 0 Å². The number of hydrogen-bond donors (Lipinski definition) is 0. The summed E-state index contributed by atoms with van der Waals surface area (Å²) in [5, 5.41) is 9.55. The van der Waals surface area contributed by atoms with Crippen LogP contribution in [0.15, 0.2) is 0 Å². The molecule has 20 heavy (non-hydrogen) atoms. The van der Waals surface area contributed by atoms with Gasteiger partial charge < -0.3 is 0 Å². The van der Waals surface area contributed by atoms with E-state index in [-0.39, 0.29) is 5.75 Å². The Kier molecular flexibility index (Phi) is 6.07. The Morgan fingerprint density at radius 2 is 1.30 bits per heavy atom. The molecule has 0 rings (SSSR count). The zero-order chi connectivity index (χ0) is 16.2. The molecule has 0 saturated carbocycles. The van der Waals surface area contributed by atoms with Crippen molar-refractivity contribution >= 4 is 11.8 Å². The minimum atomic E-state index is -6.49. The lowest BCUT2D eigenvalue weighted by Crippen LogP contribution is -2.56. The van der Waals surface area contributed by atoms with Crippen molar-refractivity contribution in [1.82, 2.24) is 0 Å². The van der Waals surface area contributed by atoms with Crippen LogP contribution >= 0.6 is 11.8 Å². The van der Waals surface area contributed by atoms with Crippen LogP contribution in [0, 0.1) is 10.7 Å². The second-order valence-electron chi connectivity index (χ2n) is 3.87. The van der Waals surface area contributed by atoms with Gasteiger partial charge in [-0.15, -0.1) is 0 Å². The molecule has 0 saturated heterocycles. The number of halogens is 9. The van der Waals surface area contributed by atoms with E-state index in [1.54, 1.807) is 0 Å². The lowest BCUT2D eigenvalue weighted by atomic mass is 9.94. The molecule has 0 amide bonds. The number of thioether (sulfide) groups is 1. The van der Waals surface area contributed by atoms with Gasteiger partial charge in [0.1, 0.15) is 5.40 Å². The molecule has 0 aliphatic heterocycles. The highest BCUT2D eigenvalue weighted by molar-refractivity contribution is 8.03. The Balaban J connectivity index is 4.96. The molecule has 0 aliphatic carbocycles. The third kappa shape index (κ3) is 4.96. The summed E-state index contributed by atoms with van der Waals surface area (Å²) in [5.41, 5.74) is -5.97. The maximum absolute atomic E-state index is 13.1. The predicted octanol–water partition coefficient (Wildman–Crippen LogP) is 4.84. The van der Waals surface area contributed by atoms with E-state index in [1.807, 2.05) is 0 Å². The first-order valence-electron chi connectivity index (χ1n) is 4.98. The van der Waals surface area contributed by atoms with Crippen LogP contribution < -0.4 is 0 Å². The number of nitriles is 1. The standard InChI is InChI=1S/C9H8F9NS/c10-6(11,2-1-3-20-5-19)4-7(12,8(13,14)15)9(16,17)18/h1-4H2. The van der Waals surface area contributed by atoms with E-state index in [0.29, 0.717) is 11.8 Å². The van der Waals surface area contributed by atoms with Crippen LogP contribution in [0.5, 0.6) is 0 Å². The van der Waals surface area contributed by atoms with E-state index < -0.39 is 43.2 Å². The highest BCUT2D eigenvalue weighted by Gasteiger charge is 2.74. The molecule has 0 spiro atoms. The number of alkyl halides is 9. The minimum Gasteiger partial charge on any atom is -0.223 e. The van der Waals surface area contributed by atoms with Crippen molar-refractivity contribution in [2.24, 2.45) is 0 Å². The number of nitrogens with zero attached hydrogens (tertiary/aromatic N) is 1. The Morgan fingerprint density at radius 3 is 1.65 bits per heavy atom. The van der Waals surface area contributed by atoms with Gasteiger partial charge >= 0.3 is 18.0 Å². The van der Waals surface area contributed by atoms with E-state index in [1.165, 1.54) is 5.40 Å². The van der Waals surface area contributed by atoms with Gasteiger partial charge in [-0.25, -0.2) is 13.2 Å². The van der Waals surface area contributed by atoms with Crippen molar-refractivity contribution in [3.05, 3.63) is 0 Å². The second-order valence-corrected chi connectivity index (χ2v) is 4.75. The normalized spacial score (nSPS) is 14.2. The van der Waals surface area contributed by atoms with Crippen molar-refractivity contribution in [1.29, 1.82) is 5.26 Å². The fraction of sp³-hybridized carbons (Fsp3) is 0.889. The minimum absolute atomic E-state index is 0.205. The molecule has 0 unspecified atom stereocenters. The first-order chi connectivity index (χ1) is 8.77. The number of thiocyanates is 1. The van der Waals surface area contributed by atoms with E-state index >= 15 is 0 Å². The fourth-order valence-electron chi connectivity index (χ4n) is 1.25. The SMILES string of the molecule is N#CSCCCC(F)(F)CC(F)(C(F)(F)F)C(F)(F)F. The zero-order valence-electron chi connectivity index (χ0n) is 9.59. The van der Waals surface area contributed by atoms with Gasteiger partial charge in [-0.05, 0) is 18.2 Å². The third-order valence-electron chi connectivity index (χ3n) is 2.25. The summed E-state index contributed by atoms with van der Waals surface area (Å²) >= 11 is 0.512. The molecule has 0 N–H and O–H groups in total. The van der Waals surface area contributed by atoms with Gasteiger partial charge in [0.25, 0.3) is 5.92 Å². The molecule has 0 heterocycles. The van der Waals surface area contributed by atoms with Gasteiger partial charge in [-0.3, -0.25) is 0 Å². The maximum Gasteiger partial charge on any atom is 0.431 e. The van der Waals surface area contributed by atoms with E-state index in [9.17, 15) is 39.5 Å². The summed E-state index contributed by atoms with van der Waals surface area (Å²) in [5.74, 6) is -4.70. The van der Waals surface area contributed by atoms with Crippen molar-refractivity contribution in [2.45, 2.75) is 43.2 Å². The molecule has 0 atom stereocenters. The summed E-state index contributed by atoms with van der Waals surface area (Å²) in [6.45, 7) is 0. The van der Waals surface area contributed by atoms with Crippen molar-refractivity contribution in [2.75, 3.05) is 5.75 Å². The second kappa shape index (κ2) is 6.32. The predicted molar refractivity (Wildman–Crippen MR) is 52.8 cm³/mol. The molecule has 11 heteroatoms. The quantitative estimate of drug-likeness (QED) is 0.395. The van der Waals surface area contributed by atoms with Gasteiger partial charge in [-0.2, -0.15) is 31.6 Å². The summed E-state index contributed by atoms with van der Waals surface area (Å²) in [6.07, 6.45) is -17.9. The number of hydrogen-bond acceptors (Lipinski definition) is 2.